The van der Waals surface area contributed by atoms with Crippen LogP contribution >= 0.6 is 11.3 Å². The minimum absolute atomic E-state index is 0.00506. The Morgan fingerprint density at radius 1 is 1.21 bits per heavy atom. The van der Waals surface area contributed by atoms with Crippen LogP contribution < -0.4 is 5.32 Å². The monoisotopic (exact) mass is 402 g/mol. The van der Waals surface area contributed by atoms with Crippen LogP contribution in [0.15, 0.2) is 35.7 Å². The molecule has 1 aliphatic rings. The molecule has 2 aromatic rings. The standard InChI is InChI=1S/C19H22N4O4S/c1-14-13-15(23(26)27)4-5-16(14)20-18(24)6-7-21-8-10-22(11-9-21)19(25)17-3-2-12-28-17/h2-5,12-13H,6-11H2,1H3,(H,20,24). The zero-order valence-corrected chi connectivity index (χ0v) is 16.4. The molecule has 0 spiro atoms. The summed E-state index contributed by atoms with van der Waals surface area (Å²) in [6.07, 6.45) is 0.329. The molecule has 2 amide bonds. The Labute approximate surface area is 166 Å². The first kappa shape index (κ1) is 20.0. The molecule has 148 valence electrons. The highest BCUT2D eigenvalue weighted by atomic mass is 32.1. The van der Waals surface area contributed by atoms with Gasteiger partial charge in [0.15, 0.2) is 0 Å². The van der Waals surface area contributed by atoms with Gasteiger partial charge in [0.2, 0.25) is 5.91 Å². The fourth-order valence-electron chi connectivity index (χ4n) is 3.10. The van der Waals surface area contributed by atoms with Crippen LogP contribution in [0.4, 0.5) is 11.4 Å². The molecule has 0 atom stereocenters. The summed E-state index contributed by atoms with van der Waals surface area (Å²) < 4.78 is 0. The van der Waals surface area contributed by atoms with Crippen molar-refractivity contribution in [3.05, 3.63) is 56.3 Å². The topological polar surface area (TPSA) is 95.8 Å². The van der Waals surface area contributed by atoms with E-state index in [2.05, 4.69) is 10.2 Å². The van der Waals surface area contributed by atoms with Gasteiger partial charge in [0.05, 0.1) is 9.80 Å². The van der Waals surface area contributed by atoms with Crippen LogP contribution in [-0.2, 0) is 4.79 Å². The number of carbonyl (C=O) groups excluding carboxylic acids is 2. The third-order valence-electron chi connectivity index (χ3n) is 4.74. The highest BCUT2D eigenvalue weighted by Gasteiger charge is 2.23. The Kier molecular flexibility index (Phi) is 6.37. The number of amides is 2. The maximum atomic E-state index is 12.3. The molecule has 9 heteroatoms. The van der Waals surface area contributed by atoms with Crippen molar-refractivity contribution in [3.63, 3.8) is 0 Å². The molecule has 0 unspecified atom stereocenters. The summed E-state index contributed by atoms with van der Waals surface area (Å²) in [4.78, 5) is 39.7. The molecule has 1 aromatic heterocycles. The number of nitrogens with zero attached hydrogens (tertiary/aromatic N) is 3. The number of nitro groups is 1. The van der Waals surface area contributed by atoms with Crippen LogP contribution in [0.2, 0.25) is 0 Å². The van der Waals surface area contributed by atoms with Gasteiger partial charge in [-0.1, -0.05) is 6.07 Å². The van der Waals surface area contributed by atoms with E-state index in [4.69, 9.17) is 0 Å². The van der Waals surface area contributed by atoms with Crippen molar-refractivity contribution in [2.45, 2.75) is 13.3 Å². The summed E-state index contributed by atoms with van der Waals surface area (Å²) >= 11 is 1.45. The van der Waals surface area contributed by atoms with Gasteiger partial charge in [-0.2, -0.15) is 0 Å². The third-order valence-corrected chi connectivity index (χ3v) is 5.60. The maximum absolute atomic E-state index is 12.3. The number of benzene rings is 1. The van der Waals surface area contributed by atoms with Gasteiger partial charge in [0.1, 0.15) is 0 Å². The lowest BCUT2D eigenvalue weighted by Gasteiger charge is -2.34. The van der Waals surface area contributed by atoms with E-state index < -0.39 is 4.92 Å². The molecular weight excluding hydrogens is 380 g/mol. The second kappa shape index (κ2) is 8.94. The number of anilines is 1. The van der Waals surface area contributed by atoms with Gasteiger partial charge in [-0.15, -0.1) is 11.3 Å². The average molecular weight is 402 g/mol. The van der Waals surface area contributed by atoms with Crippen LogP contribution in [-0.4, -0.2) is 59.3 Å². The van der Waals surface area contributed by atoms with Crippen LogP contribution in [0, 0.1) is 17.0 Å². The van der Waals surface area contributed by atoms with Crippen molar-refractivity contribution in [1.82, 2.24) is 9.80 Å². The first-order valence-electron chi connectivity index (χ1n) is 9.04. The Morgan fingerprint density at radius 2 is 1.96 bits per heavy atom. The van der Waals surface area contributed by atoms with Gasteiger partial charge in [0, 0.05) is 57.0 Å². The molecule has 0 bridgehead atoms. The second-order valence-corrected chi connectivity index (χ2v) is 7.61. The smallest absolute Gasteiger partial charge is 0.269 e. The molecule has 0 saturated carbocycles. The lowest BCUT2D eigenvalue weighted by atomic mass is 10.1. The summed E-state index contributed by atoms with van der Waals surface area (Å²) in [5, 5.41) is 15.5. The molecule has 28 heavy (non-hydrogen) atoms. The fourth-order valence-corrected chi connectivity index (χ4v) is 3.80. The van der Waals surface area contributed by atoms with E-state index in [1.807, 2.05) is 22.4 Å². The highest BCUT2D eigenvalue weighted by molar-refractivity contribution is 7.12. The van der Waals surface area contributed by atoms with E-state index in [0.717, 1.165) is 18.0 Å². The van der Waals surface area contributed by atoms with Crippen molar-refractivity contribution < 1.29 is 14.5 Å². The summed E-state index contributed by atoms with van der Waals surface area (Å²) in [6.45, 7) is 5.12. The fraction of sp³-hybridized carbons (Fsp3) is 0.368. The minimum atomic E-state index is -0.457. The number of nitrogens with one attached hydrogen (secondary N) is 1. The predicted molar refractivity (Wildman–Crippen MR) is 108 cm³/mol. The lowest BCUT2D eigenvalue weighted by Crippen LogP contribution is -2.49. The van der Waals surface area contributed by atoms with Crippen LogP contribution in [0.5, 0.6) is 0 Å². The Hall–Kier alpha value is -2.78. The molecule has 0 aliphatic carbocycles. The number of thiophene rings is 1. The normalized spacial score (nSPS) is 14.7. The second-order valence-electron chi connectivity index (χ2n) is 6.67. The largest absolute Gasteiger partial charge is 0.335 e. The van der Waals surface area contributed by atoms with Gasteiger partial charge in [-0.3, -0.25) is 24.6 Å². The van der Waals surface area contributed by atoms with Crippen molar-refractivity contribution in [2.75, 3.05) is 38.0 Å². The first-order valence-corrected chi connectivity index (χ1v) is 9.92. The van der Waals surface area contributed by atoms with Crippen molar-refractivity contribution >= 4 is 34.5 Å². The van der Waals surface area contributed by atoms with E-state index in [0.29, 0.717) is 37.3 Å². The molecule has 0 radical (unpaired) electrons. The van der Waals surface area contributed by atoms with E-state index >= 15 is 0 Å². The number of aryl methyl sites for hydroxylation is 1. The van der Waals surface area contributed by atoms with Crippen molar-refractivity contribution in [1.29, 1.82) is 0 Å². The number of non-ortho nitro benzene ring substituents is 1. The summed E-state index contributed by atoms with van der Waals surface area (Å²) in [5.74, 6) is -0.0601. The van der Waals surface area contributed by atoms with Crippen LogP contribution in [0.1, 0.15) is 21.7 Å². The molecule has 3 rings (SSSR count). The Balaban J connectivity index is 1.43. The van der Waals surface area contributed by atoms with E-state index in [-0.39, 0.29) is 17.5 Å². The summed E-state index contributed by atoms with van der Waals surface area (Å²) in [6, 6.07) is 8.09. The number of nitro benzene ring substituents is 1. The SMILES string of the molecule is Cc1cc([N+](=O)[O-])ccc1NC(=O)CCN1CCN(C(=O)c2cccs2)CC1. The van der Waals surface area contributed by atoms with Crippen molar-refractivity contribution in [3.8, 4) is 0 Å². The van der Waals surface area contributed by atoms with Crippen LogP contribution in [0.3, 0.4) is 0 Å². The molecular formula is C19H22N4O4S. The molecule has 1 aromatic carbocycles. The number of carbonyl (C=O) groups is 2. The third kappa shape index (κ3) is 4.93. The molecule has 1 N–H and O–H groups in total. The van der Waals surface area contributed by atoms with Gasteiger partial charge in [0.25, 0.3) is 11.6 Å². The number of hydrogen-bond donors (Lipinski definition) is 1. The highest BCUT2D eigenvalue weighted by Crippen LogP contribution is 2.21. The molecule has 2 heterocycles. The zero-order chi connectivity index (χ0) is 20.1. The molecule has 1 aliphatic heterocycles. The van der Waals surface area contributed by atoms with Crippen molar-refractivity contribution in [2.24, 2.45) is 0 Å². The molecule has 8 nitrogen and oxygen atoms in total. The number of rotatable bonds is 6. The Bertz CT molecular complexity index is 861. The summed E-state index contributed by atoms with van der Waals surface area (Å²) in [5.41, 5.74) is 1.25. The first-order chi connectivity index (χ1) is 13.4. The van der Waals surface area contributed by atoms with Gasteiger partial charge >= 0.3 is 0 Å². The summed E-state index contributed by atoms with van der Waals surface area (Å²) in [7, 11) is 0. The molecule has 1 fully saturated rings. The maximum Gasteiger partial charge on any atom is 0.269 e. The van der Waals surface area contributed by atoms with E-state index in [9.17, 15) is 19.7 Å². The van der Waals surface area contributed by atoms with Gasteiger partial charge in [-0.05, 0) is 30.0 Å². The molecule has 1 saturated heterocycles. The number of hydrogen-bond acceptors (Lipinski definition) is 6. The number of piperazine rings is 1. The van der Waals surface area contributed by atoms with E-state index in [1.54, 1.807) is 13.0 Å². The van der Waals surface area contributed by atoms with E-state index in [1.165, 1.54) is 23.5 Å². The van der Waals surface area contributed by atoms with Gasteiger partial charge < -0.3 is 10.2 Å². The average Bonchev–Trinajstić information content (AvgIpc) is 3.22. The van der Waals surface area contributed by atoms with Gasteiger partial charge in [-0.25, -0.2) is 0 Å². The predicted octanol–water partition coefficient (Wildman–Crippen LogP) is 2.75. The lowest BCUT2D eigenvalue weighted by molar-refractivity contribution is -0.384. The Morgan fingerprint density at radius 3 is 2.57 bits per heavy atom. The zero-order valence-electron chi connectivity index (χ0n) is 15.6. The van der Waals surface area contributed by atoms with Crippen LogP contribution in [0.25, 0.3) is 0 Å². The quantitative estimate of drug-likeness (QED) is 0.592. The minimum Gasteiger partial charge on any atom is -0.335 e.